The Balaban J connectivity index is 1.61. The lowest BCUT2D eigenvalue weighted by molar-refractivity contribution is -0.116. The van der Waals surface area contributed by atoms with Gasteiger partial charge in [0.25, 0.3) is 0 Å². The molecule has 2 heterocycles. The number of nitrogens with one attached hydrogen (secondary N) is 1. The van der Waals surface area contributed by atoms with Crippen LogP contribution in [0.5, 0.6) is 0 Å². The van der Waals surface area contributed by atoms with Crippen LogP contribution in [0.15, 0.2) is 54.6 Å². The highest BCUT2D eigenvalue weighted by molar-refractivity contribution is 5.91. The zero-order valence-corrected chi connectivity index (χ0v) is 17.2. The van der Waals surface area contributed by atoms with Crippen molar-refractivity contribution in [2.45, 2.75) is 33.6 Å². The molecule has 4 rings (SSSR count). The van der Waals surface area contributed by atoms with Gasteiger partial charge < -0.3 is 5.32 Å². The number of para-hydroxylation sites is 1. The summed E-state index contributed by atoms with van der Waals surface area (Å²) in [6.45, 7) is 5.93. The van der Waals surface area contributed by atoms with Crippen LogP contribution in [0.4, 0.5) is 10.1 Å². The molecule has 0 aliphatic rings. The molecule has 152 valence electrons. The van der Waals surface area contributed by atoms with Crippen molar-refractivity contribution >= 4 is 17.2 Å². The van der Waals surface area contributed by atoms with Gasteiger partial charge in [-0.15, -0.1) is 0 Å². The molecule has 0 radical (unpaired) electrons. The number of hydrogen-bond acceptors (Lipinski definition) is 3. The predicted molar refractivity (Wildman–Crippen MR) is 116 cm³/mol. The van der Waals surface area contributed by atoms with E-state index in [0.717, 1.165) is 39.4 Å². The zero-order chi connectivity index (χ0) is 21.3. The van der Waals surface area contributed by atoms with Crippen LogP contribution in [0, 0.1) is 26.6 Å². The molecule has 0 unspecified atom stereocenters. The summed E-state index contributed by atoms with van der Waals surface area (Å²) in [4.78, 5) is 17.2. The molecule has 0 aliphatic heterocycles. The number of fused-ring (bicyclic) bond motifs is 1. The average molecular weight is 402 g/mol. The van der Waals surface area contributed by atoms with E-state index in [0.29, 0.717) is 6.42 Å². The first kappa shape index (κ1) is 19.8. The minimum Gasteiger partial charge on any atom is -0.324 e. The number of carbonyl (C=O) groups excluding carboxylic acids is 1. The van der Waals surface area contributed by atoms with Gasteiger partial charge in [0.05, 0.1) is 11.4 Å². The number of anilines is 1. The van der Waals surface area contributed by atoms with E-state index < -0.39 is 5.82 Å². The molecule has 1 amide bonds. The van der Waals surface area contributed by atoms with Gasteiger partial charge in [0.15, 0.2) is 5.65 Å². The van der Waals surface area contributed by atoms with Gasteiger partial charge in [-0.25, -0.2) is 13.9 Å². The fraction of sp³-hybridized carbons (Fsp3) is 0.208. The summed E-state index contributed by atoms with van der Waals surface area (Å²) >= 11 is 0. The van der Waals surface area contributed by atoms with Crippen LogP contribution < -0.4 is 5.32 Å². The molecule has 2 aromatic carbocycles. The number of amides is 1. The molecule has 0 saturated carbocycles. The highest BCUT2D eigenvalue weighted by atomic mass is 19.1. The number of aryl methyl sites for hydroxylation is 3. The second-order valence-corrected chi connectivity index (χ2v) is 7.35. The lowest BCUT2D eigenvalue weighted by Gasteiger charge is -2.12. The van der Waals surface area contributed by atoms with Crippen molar-refractivity contribution in [1.29, 1.82) is 0 Å². The molecular weight excluding hydrogens is 379 g/mol. The van der Waals surface area contributed by atoms with E-state index in [-0.39, 0.29) is 18.0 Å². The number of nitrogens with zero attached hydrogens (tertiary/aromatic N) is 3. The van der Waals surface area contributed by atoms with E-state index in [4.69, 9.17) is 10.1 Å². The normalized spacial score (nSPS) is 11.1. The van der Waals surface area contributed by atoms with E-state index in [2.05, 4.69) is 17.4 Å². The molecular formula is C24H23FN4O. The summed E-state index contributed by atoms with van der Waals surface area (Å²) in [5, 5.41) is 7.34. The average Bonchev–Trinajstić information content (AvgIpc) is 3.06. The predicted octanol–water partition coefficient (Wildman–Crippen LogP) is 5.03. The Morgan fingerprint density at radius 2 is 1.70 bits per heavy atom. The van der Waals surface area contributed by atoms with Crippen LogP contribution in [-0.4, -0.2) is 20.5 Å². The quantitative estimate of drug-likeness (QED) is 0.509. The van der Waals surface area contributed by atoms with Gasteiger partial charge in [-0.1, -0.05) is 42.5 Å². The van der Waals surface area contributed by atoms with E-state index >= 15 is 0 Å². The second-order valence-electron chi connectivity index (χ2n) is 7.35. The summed E-state index contributed by atoms with van der Waals surface area (Å²) < 4.78 is 15.6. The number of carbonyl (C=O) groups is 1. The van der Waals surface area contributed by atoms with E-state index in [1.807, 2.05) is 43.5 Å². The summed E-state index contributed by atoms with van der Waals surface area (Å²) in [5.74, 6) is -0.678. The minimum absolute atomic E-state index is 0.194. The smallest absolute Gasteiger partial charge is 0.224 e. The van der Waals surface area contributed by atoms with Crippen LogP contribution in [0.3, 0.4) is 0 Å². The Bertz CT molecular complexity index is 1230. The van der Waals surface area contributed by atoms with Crippen LogP contribution in [0.1, 0.15) is 29.1 Å². The van der Waals surface area contributed by atoms with E-state index in [1.54, 1.807) is 18.2 Å². The summed E-state index contributed by atoms with van der Waals surface area (Å²) in [6.07, 6.45) is 0.732. The first-order chi connectivity index (χ1) is 14.5. The van der Waals surface area contributed by atoms with Crippen molar-refractivity contribution in [3.8, 4) is 11.1 Å². The molecule has 0 saturated heterocycles. The van der Waals surface area contributed by atoms with Crippen molar-refractivity contribution in [1.82, 2.24) is 14.6 Å². The molecule has 2 aromatic heterocycles. The lowest BCUT2D eigenvalue weighted by Crippen LogP contribution is -2.15. The number of rotatable bonds is 5. The topological polar surface area (TPSA) is 59.3 Å². The Morgan fingerprint density at radius 3 is 2.43 bits per heavy atom. The first-order valence-corrected chi connectivity index (χ1v) is 9.91. The monoisotopic (exact) mass is 402 g/mol. The number of halogens is 1. The largest absolute Gasteiger partial charge is 0.324 e. The molecule has 6 heteroatoms. The Kier molecular flexibility index (Phi) is 5.31. The molecule has 5 nitrogen and oxygen atoms in total. The Morgan fingerprint density at radius 1 is 1.00 bits per heavy atom. The Labute approximate surface area is 174 Å². The van der Waals surface area contributed by atoms with Crippen molar-refractivity contribution in [2.24, 2.45) is 0 Å². The fourth-order valence-electron chi connectivity index (χ4n) is 3.79. The highest BCUT2D eigenvalue weighted by Crippen LogP contribution is 2.29. The molecule has 0 spiro atoms. The third-order valence-corrected chi connectivity index (χ3v) is 5.31. The van der Waals surface area contributed by atoms with Crippen LogP contribution in [0.2, 0.25) is 0 Å². The van der Waals surface area contributed by atoms with E-state index in [1.165, 1.54) is 6.07 Å². The number of hydrogen-bond donors (Lipinski definition) is 1. The van der Waals surface area contributed by atoms with Crippen molar-refractivity contribution in [2.75, 3.05) is 5.32 Å². The molecule has 30 heavy (non-hydrogen) atoms. The van der Waals surface area contributed by atoms with Gasteiger partial charge in [-0.3, -0.25) is 4.79 Å². The maximum Gasteiger partial charge on any atom is 0.224 e. The standard InChI is InChI=1S/C24H23FN4O/c1-15-19(13-14-22(30)27-21-12-8-7-11-20(21)25)17(3)29-24(26-15)23(16(2)28-29)18-9-5-4-6-10-18/h4-12H,13-14H2,1-3H3,(H,27,30). The lowest BCUT2D eigenvalue weighted by atomic mass is 10.0. The zero-order valence-electron chi connectivity index (χ0n) is 17.2. The van der Waals surface area contributed by atoms with E-state index in [9.17, 15) is 9.18 Å². The molecule has 0 aliphatic carbocycles. The summed E-state index contributed by atoms with van der Waals surface area (Å²) in [7, 11) is 0. The molecule has 4 aromatic rings. The summed E-state index contributed by atoms with van der Waals surface area (Å²) in [5.41, 5.74) is 6.82. The van der Waals surface area contributed by atoms with Crippen molar-refractivity contribution in [3.63, 3.8) is 0 Å². The van der Waals surface area contributed by atoms with Crippen LogP contribution in [-0.2, 0) is 11.2 Å². The highest BCUT2D eigenvalue weighted by Gasteiger charge is 2.18. The summed E-state index contributed by atoms with van der Waals surface area (Å²) in [6, 6.07) is 16.2. The molecule has 0 bridgehead atoms. The third kappa shape index (κ3) is 3.68. The third-order valence-electron chi connectivity index (χ3n) is 5.31. The molecule has 0 fully saturated rings. The SMILES string of the molecule is Cc1nc2c(-c3ccccc3)c(C)nn2c(C)c1CCC(=O)Nc1ccccc1F. The van der Waals surface area contributed by atoms with Gasteiger partial charge in [0.2, 0.25) is 5.91 Å². The number of aromatic nitrogens is 3. The molecule has 1 N–H and O–H groups in total. The minimum atomic E-state index is -0.443. The van der Waals surface area contributed by atoms with Crippen molar-refractivity contribution in [3.05, 3.63) is 83.1 Å². The van der Waals surface area contributed by atoms with Crippen molar-refractivity contribution < 1.29 is 9.18 Å². The maximum absolute atomic E-state index is 13.8. The Hall–Kier alpha value is -3.54. The van der Waals surface area contributed by atoms with Crippen LogP contribution >= 0.6 is 0 Å². The van der Waals surface area contributed by atoms with Gasteiger partial charge >= 0.3 is 0 Å². The second kappa shape index (κ2) is 8.06. The van der Waals surface area contributed by atoms with Crippen LogP contribution in [0.25, 0.3) is 16.8 Å². The van der Waals surface area contributed by atoms with Gasteiger partial charge in [0, 0.05) is 23.4 Å². The first-order valence-electron chi connectivity index (χ1n) is 9.91. The van der Waals surface area contributed by atoms with Gasteiger partial charge in [0.1, 0.15) is 5.82 Å². The maximum atomic E-state index is 13.8. The number of benzene rings is 2. The van der Waals surface area contributed by atoms with Gasteiger partial charge in [-0.05, 0) is 50.5 Å². The fourth-order valence-corrected chi connectivity index (χ4v) is 3.79. The molecule has 0 atom stereocenters. The van der Waals surface area contributed by atoms with Gasteiger partial charge in [-0.2, -0.15) is 5.10 Å².